The van der Waals surface area contributed by atoms with Crippen molar-refractivity contribution in [3.8, 4) is 6.07 Å². The summed E-state index contributed by atoms with van der Waals surface area (Å²) in [6.45, 7) is 6.12. The lowest BCUT2D eigenvalue weighted by Gasteiger charge is -2.19. The van der Waals surface area contributed by atoms with Crippen molar-refractivity contribution in [2.75, 3.05) is 0 Å². The van der Waals surface area contributed by atoms with Gasteiger partial charge in [-0.15, -0.1) is 0 Å². The van der Waals surface area contributed by atoms with Crippen molar-refractivity contribution in [2.24, 2.45) is 10.9 Å². The van der Waals surface area contributed by atoms with Crippen LogP contribution in [-0.4, -0.2) is 10.7 Å². The highest BCUT2D eigenvalue weighted by molar-refractivity contribution is 5.85. The number of rotatable bonds is 3. The average Bonchev–Trinajstić information content (AvgIpc) is 2.43. The molecule has 104 valence electrons. The Morgan fingerprint density at radius 3 is 2.90 bits per heavy atom. The van der Waals surface area contributed by atoms with Crippen molar-refractivity contribution >= 4 is 5.71 Å². The van der Waals surface area contributed by atoms with Crippen LogP contribution in [-0.2, 0) is 6.54 Å². The van der Waals surface area contributed by atoms with E-state index in [9.17, 15) is 4.39 Å². The Labute approximate surface area is 118 Å². The number of aryl methyl sites for hydroxylation is 1. The van der Waals surface area contributed by atoms with Crippen LogP contribution in [0.1, 0.15) is 37.2 Å². The van der Waals surface area contributed by atoms with Gasteiger partial charge in [0.2, 0.25) is 0 Å². The Balaban J connectivity index is 2.13. The summed E-state index contributed by atoms with van der Waals surface area (Å²) in [5, 5.41) is 12.3. The van der Waals surface area contributed by atoms with Crippen LogP contribution in [0.5, 0.6) is 0 Å². The lowest BCUT2D eigenvalue weighted by molar-refractivity contribution is 0.601. The van der Waals surface area contributed by atoms with E-state index < -0.39 is 5.82 Å². The van der Waals surface area contributed by atoms with Gasteiger partial charge < -0.3 is 5.32 Å². The quantitative estimate of drug-likeness (QED) is 0.920. The van der Waals surface area contributed by atoms with Crippen molar-refractivity contribution in [3.63, 3.8) is 0 Å². The molecule has 20 heavy (non-hydrogen) atoms. The maximum Gasteiger partial charge on any atom is 0.145 e. The van der Waals surface area contributed by atoms with E-state index in [1.54, 1.807) is 13.1 Å². The number of hydrogen-bond donors (Lipinski definition) is 1. The zero-order chi connectivity index (χ0) is 14.7. The molecule has 0 saturated carbocycles. The number of nitrogens with zero attached hydrogens (tertiary/aromatic N) is 3. The number of nitrogens with one attached hydrogen (secondary N) is 1. The lowest BCUT2D eigenvalue weighted by atomic mass is 9.99. The largest absolute Gasteiger partial charge is 0.381 e. The zero-order valence-electron chi connectivity index (χ0n) is 11.9. The normalized spacial score (nSPS) is 18.1. The van der Waals surface area contributed by atoms with Crippen LogP contribution in [0.15, 0.2) is 23.0 Å². The molecule has 0 fully saturated rings. The number of aromatic nitrogens is 1. The highest BCUT2D eigenvalue weighted by Gasteiger charge is 2.14. The molecule has 1 aliphatic heterocycles. The van der Waals surface area contributed by atoms with E-state index in [0.717, 1.165) is 17.8 Å². The Morgan fingerprint density at radius 2 is 2.25 bits per heavy atom. The second kappa shape index (κ2) is 5.83. The van der Waals surface area contributed by atoms with E-state index in [1.807, 2.05) is 13.0 Å². The minimum Gasteiger partial charge on any atom is -0.381 e. The minimum absolute atomic E-state index is 0.268. The average molecular weight is 272 g/mol. The molecule has 1 aliphatic rings. The maximum atomic E-state index is 13.4. The first kappa shape index (κ1) is 14.2. The summed E-state index contributed by atoms with van der Waals surface area (Å²) in [5.74, 6) is -0.0446. The topological polar surface area (TPSA) is 61.1 Å². The van der Waals surface area contributed by atoms with Gasteiger partial charge in [-0.3, -0.25) is 9.98 Å². The molecule has 4 nitrogen and oxygen atoms in total. The summed E-state index contributed by atoms with van der Waals surface area (Å²) in [5.41, 5.74) is 3.26. The van der Waals surface area contributed by atoms with E-state index in [-0.39, 0.29) is 5.56 Å². The van der Waals surface area contributed by atoms with Crippen LogP contribution in [0.2, 0.25) is 0 Å². The van der Waals surface area contributed by atoms with Gasteiger partial charge in [-0.1, -0.05) is 6.92 Å². The van der Waals surface area contributed by atoms with E-state index in [4.69, 9.17) is 5.26 Å². The number of allylic oxidation sites excluding steroid dienone is 1. The zero-order valence-corrected chi connectivity index (χ0v) is 11.9. The smallest absolute Gasteiger partial charge is 0.145 e. The van der Waals surface area contributed by atoms with Crippen molar-refractivity contribution in [3.05, 3.63) is 40.7 Å². The molecule has 0 amide bonds. The molecule has 0 aliphatic carbocycles. The second-order valence-electron chi connectivity index (χ2n) is 5.05. The molecule has 1 N–H and O–H groups in total. The Kier molecular flexibility index (Phi) is 4.14. The van der Waals surface area contributed by atoms with Gasteiger partial charge in [0.15, 0.2) is 0 Å². The number of halogens is 1. The van der Waals surface area contributed by atoms with Crippen LogP contribution < -0.4 is 5.32 Å². The van der Waals surface area contributed by atoms with Crippen molar-refractivity contribution < 1.29 is 4.39 Å². The molecular weight excluding hydrogens is 255 g/mol. The van der Waals surface area contributed by atoms with Crippen molar-refractivity contribution in [2.45, 2.75) is 33.7 Å². The molecule has 0 spiro atoms. The molecular formula is C15H17FN4. The number of nitriles is 1. The lowest BCUT2D eigenvalue weighted by Crippen LogP contribution is -2.21. The summed E-state index contributed by atoms with van der Waals surface area (Å²) < 4.78 is 13.4. The summed E-state index contributed by atoms with van der Waals surface area (Å²) in [4.78, 5) is 8.46. The molecule has 2 rings (SSSR count). The number of hydrogen-bond acceptors (Lipinski definition) is 4. The Bertz CT molecular complexity index is 625. The van der Waals surface area contributed by atoms with Gasteiger partial charge >= 0.3 is 0 Å². The fraction of sp³-hybridized carbons (Fsp3) is 0.400. The van der Waals surface area contributed by atoms with E-state index >= 15 is 0 Å². The van der Waals surface area contributed by atoms with E-state index in [2.05, 4.69) is 22.2 Å². The van der Waals surface area contributed by atoms with Crippen molar-refractivity contribution in [1.82, 2.24) is 10.3 Å². The molecule has 1 aromatic rings. The van der Waals surface area contributed by atoms with Gasteiger partial charge in [0.25, 0.3) is 0 Å². The molecule has 0 aromatic carbocycles. The summed E-state index contributed by atoms with van der Waals surface area (Å²) in [6, 6.07) is 3.21. The van der Waals surface area contributed by atoms with Crippen LogP contribution >= 0.6 is 0 Å². The molecule has 2 heterocycles. The van der Waals surface area contributed by atoms with Gasteiger partial charge in [-0.05, 0) is 32.3 Å². The number of aliphatic imine (C=N–C) groups is 1. The van der Waals surface area contributed by atoms with E-state index in [1.165, 1.54) is 6.07 Å². The molecule has 1 aromatic heterocycles. The third kappa shape index (κ3) is 3.02. The fourth-order valence-electron chi connectivity index (χ4n) is 2.01. The van der Waals surface area contributed by atoms with Crippen LogP contribution in [0.3, 0.4) is 0 Å². The molecule has 0 bridgehead atoms. The van der Waals surface area contributed by atoms with Gasteiger partial charge in [0, 0.05) is 17.6 Å². The predicted octanol–water partition coefficient (Wildman–Crippen LogP) is 2.83. The van der Waals surface area contributed by atoms with Gasteiger partial charge in [-0.25, -0.2) is 4.39 Å². The standard InChI is InChI=1S/C15H17FN4/c1-9-4-13(7-18-10(9)2)19-8-15-12(6-17)5-14(16)11(3)20-15/h5,7,9,19H,4,8H2,1-3H3. The van der Waals surface area contributed by atoms with Crippen LogP contribution in [0.4, 0.5) is 4.39 Å². The van der Waals surface area contributed by atoms with Gasteiger partial charge in [0.1, 0.15) is 11.9 Å². The van der Waals surface area contributed by atoms with Crippen LogP contribution in [0.25, 0.3) is 0 Å². The van der Waals surface area contributed by atoms with Crippen LogP contribution in [0, 0.1) is 30.0 Å². The molecule has 0 saturated heterocycles. The fourth-order valence-corrected chi connectivity index (χ4v) is 2.01. The first-order valence-corrected chi connectivity index (χ1v) is 6.54. The molecule has 1 atom stereocenters. The first-order valence-electron chi connectivity index (χ1n) is 6.54. The van der Waals surface area contributed by atoms with Crippen molar-refractivity contribution in [1.29, 1.82) is 5.26 Å². The second-order valence-corrected chi connectivity index (χ2v) is 5.05. The SMILES string of the molecule is CC1=NC=C(NCc2nc(C)c(F)cc2C#N)CC1C. The van der Waals surface area contributed by atoms with Gasteiger partial charge in [-0.2, -0.15) is 5.26 Å². The molecule has 1 unspecified atom stereocenters. The summed E-state index contributed by atoms with van der Waals surface area (Å²) in [6.07, 6.45) is 2.69. The minimum atomic E-state index is -0.448. The highest BCUT2D eigenvalue weighted by Crippen LogP contribution is 2.18. The third-order valence-electron chi connectivity index (χ3n) is 3.50. The Morgan fingerprint density at radius 1 is 1.50 bits per heavy atom. The van der Waals surface area contributed by atoms with E-state index in [0.29, 0.717) is 23.9 Å². The molecule has 5 heteroatoms. The van der Waals surface area contributed by atoms with Gasteiger partial charge in [0.05, 0.1) is 23.5 Å². The number of pyridine rings is 1. The highest BCUT2D eigenvalue weighted by atomic mass is 19.1. The summed E-state index contributed by atoms with van der Waals surface area (Å²) >= 11 is 0. The predicted molar refractivity (Wildman–Crippen MR) is 75.5 cm³/mol. The maximum absolute atomic E-state index is 13.4. The Hall–Kier alpha value is -2.22. The monoisotopic (exact) mass is 272 g/mol. The molecule has 0 radical (unpaired) electrons. The third-order valence-corrected chi connectivity index (χ3v) is 3.50. The first-order chi connectivity index (χ1) is 9.51. The summed E-state index contributed by atoms with van der Waals surface area (Å²) in [7, 11) is 0.